The molecular formula is C21H34IN7. The Kier molecular flexibility index (Phi) is 11.0. The van der Waals surface area contributed by atoms with Crippen molar-refractivity contribution in [3.8, 4) is 0 Å². The summed E-state index contributed by atoms with van der Waals surface area (Å²) in [5.41, 5.74) is 2.44. The van der Waals surface area contributed by atoms with Crippen LogP contribution in [0.1, 0.15) is 43.2 Å². The largest absolute Gasteiger partial charge is 0.356 e. The Bertz CT molecular complexity index is 710. The van der Waals surface area contributed by atoms with Gasteiger partial charge in [-0.3, -0.25) is 4.99 Å². The monoisotopic (exact) mass is 511 g/mol. The molecule has 2 N–H and O–H groups in total. The van der Waals surface area contributed by atoms with Crippen LogP contribution in [-0.4, -0.2) is 58.9 Å². The first-order valence-corrected chi connectivity index (χ1v) is 10.4. The molecule has 1 aliphatic heterocycles. The van der Waals surface area contributed by atoms with Crippen LogP contribution >= 0.6 is 24.0 Å². The van der Waals surface area contributed by atoms with E-state index in [4.69, 9.17) is 0 Å². The van der Waals surface area contributed by atoms with Crippen LogP contribution in [0.2, 0.25) is 0 Å². The molecule has 1 fully saturated rings. The second-order valence-electron chi connectivity index (χ2n) is 7.37. The van der Waals surface area contributed by atoms with E-state index in [0.717, 1.165) is 32.0 Å². The molecule has 3 rings (SSSR count). The molecule has 0 amide bonds. The first-order chi connectivity index (χ1) is 13.8. The highest BCUT2D eigenvalue weighted by Gasteiger charge is 2.08. The fraction of sp³-hybridized carbons (Fsp3) is 0.571. The number of nitrogens with one attached hydrogen (secondary N) is 2. The lowest BCUT2D eigenvalue weighted by Gasteiger charge is -2.20. The fourth-order valence-corrected chi connectivity index (χ4v) is 3.62. The lowest BCUT2D eigenvalue weighted by molar-refractivity contribution is 0.282. The summed E-state index contributed by atoms with van der Waals surface area (Å²) in [6.07, 6.45) is 9.94. The summed E-state index contributed by atoms with van der Waals surface area (Å²) in [7, 11) is 1.82. The van der Waals surface area contributed by atoms with Crippen molar-refractivity contribution in [3.63, 3.8) is 0 Å². The van der Waals surface area contributed by atoms with Gasteiger partial charge in [-0.15, -0.1) is 24.0 Å². The van der Waals surface area contributed by atoms with Gasteiger partial charge in [0, 0.05) is 20.1 Å². The Morgan fingerprint density at radius 2 is 1.90 bits per heavy atom. The molecule has 0 radical (unpaired) electrons. The third kappa shape index (κ3) is 8.69. The van der Waals surface area contributed by atoms with Crippen molar-refractivity contribution in [3.05, 3.63) is 48.0 Å². The zero-order chi connectivity index (χ0) is 19.4. The number of aromatic nitrogens is 3. The third-order valence-corrected chi connectivity index (χ3v) is 5.13. The number of hydrogen-bond acceptors (Lipinski definition) is 4. The van der Waals surface area contributed by atoms with Crippen LogP contribution in [0, 0.1) is 0 Å². The summed E-state index contributed by atoms with van der Waals surface area (Å²) in [6, 6.07) is 8.52. The predicted molar refractivity (Wildman–Crippen MR) is 129 cm³/mol. The molecule has 29 heavy (non-hydrogen) atoms. The Morgan fingerprint density at radius 3 is 2.62 bits per heavy atom. The van der Waals surface area contributed by atoms with E-state index in [9.17, 15) is 0 Å². The first-order valence-electron chi connectivity index (χ1n) is 10.4. The predicted octanol–water partition coefficient (Wildman–Crippen LogP) is 2.88. The maximum Gasteiger partial charge on any atom is 0.191 e. The van der Waals surface area contributed by atoms with E-state index in [1.807, 2.05) is 11.7 Å². The van der Waals surface area contributed by atoms with Gasteiger partial charge >= 0.3 is 0 Å². The van der Waals surface area contributed by atoms with Crippen LogP contribution in [0.15, 0.2) is 41.9 Å². The van der Waals surface area contributed by atoms with E-state index >= 15 is 0 Å². The standard InChI is InChI=1S/C21H33N7.HI/c1-22-21(24-10-7-13-27-11-4-2-3-5-12-27)25-15-19-8-6-9-20(14-19)16-28-18-23-17-26-28;/h6,8-9,14,17-18H,2-5,7,10-13,15-16H2,1H3,(H2,22,24,25);1H. The molecule has 0 unspecified atom stereocenters. The molecule has 0 spiro atoms. The van der Waals surface area contributed by atoms with Crippen molar-refractivity contribution in [2.45, 2.75) is 45.2 Å². The molecule has 1 aromatic heterocycles. The fourth-order valence-electron chi connectivity index (χ4n) is 3.62. The molecule has 2 aromatic rings. The van der Waals surface area contributed by atoms with Crippen molar-refractivity contribution in [1.82, 2.24) is 30.3 Å². The summed E-state index contributed by atoms with van der Waals surface area (Å²) < 4.78 is 1.83. The zero-order valence-electron chi connectivity index (χ0n) is 17.4. The molecule has 0 bridgehead atoms. The van der Waals surface area contributed by atoms with E-state index in [2.05, 4.69) is 54.9 Å². The van der Waals surface area contributed by atoms with Crippen molar-refractivity contribution < 1.29 is 0 Å². The second-order valence-corrected chi connectivity index (χ2v) is 7.37. The molecule has 160 valence electrons. The lowest BCUT2D eigenvalue weighted by atomic mass is 10.1. The van der Waals surface area contributed by atoms with Gasteiger partial charge < -0.3 is 15.5 Å². The van der Waals surface area contributed by atoms with Gasteiger partial charge in [0.05, 0.1) is 6.54 Å². The quantitative estimate of drug-likeness (QED) is 0.247. The molecule has 8 heteroatoms. The van der Waals surface area contributed by atoms with Crippen LogP contribution in [0.5, 0.6) is 0 Å². The van der Waals surface area contributed by atoms with Gasteiger partial charge in [0.2, 0.25) is 0 Å². The van der Waals surface area contributed by atoms with E-state index in [-0.39, 0.29) is 24.0 Å². The number of nitrogens with zero attached hydrogens (tertiary/aromatic N) is 5. The number of aliphatic imine (C=N–C) groups is 1. The van der Waals surface area contributed by atoms with E-state index in [0.29, 0.717) is 0 Å². The van der Waals surface area contributed by atoms with Gasteiger partial charge in [-0.25, -0.2) is 9.67 Å². The molecule has 0 saturated carbocycles. The van der Waals surface area contributed by atoms with Gasteiger partial charge in [-0.05, 0) is 50.0 Å². The van der Waals surface area contributed by atoms with Gasteiger partial charge in [0.1, 0.15) is 12.7 Å². The number of halogens is 1. The van der Waals surface area contributed by atoms with Gasteiger partial charge in [0.25, 0.3) is 0 Å². The molecular weight excluding hydrogens is 477 g/mol. The van der Waals surface area contributed by atoms with Gasteiger partial charge in [-0.2, -0.15) is 5.10 Å². The normalized spacial score (nSPS) is 15.4. The topological polar surface area (TPSA) is 70.4 Å². The van der Waals surface area contributed by atoms with Crippen LogP contribution in [-0.2, 0) is 13.1 Å². The number of likely N-dealkylation sites (tertiary alicyclic amines) is 1. The number of benzene rings is 1. The van der Waals surface area contributed by atoms with Crippen LogP contribution in [0.25, 0.3) is 0 Å². The van der Waals surface area contributed by atoms with Crippen LogP contribution in [0.3, 0.4) is 0 Å². The molecule has 2 heterocycles. The summed E-state index contributed by atoms with van der Waals surface area (Å²) in [5, 5.41) is 11.0. The number of guanidine groups is 1. The average Bonchev–Trinajstić information content (AvgIpc) is 3.08. The molecule has 1 aromatic carbocycles. The average molecular weight is 511 g/mol. The highest BCUT2D eigenvalue weighted by atomic mass is 127. The Balaban J connectivity index is 0.00000300. The van der Waals surface area contributed by atoms with E-state index in [1.165, 1.54) is 56.4 Å². The minimum Gasteiger partial charge on any atom is -0.356 e. The van der Waals surface area contributed by atoms with Gasteiger partial charge in [-0.1, -0.05) is 37.1 Å². The Hall–Kier alpha value is -1.68. The maximum atomic E-state index is 4.34. The summed E-state index contributed by atoms with van der Waals surface area (Å²) in [6.45, 7) is 6.13. The minimum absolute atomic E-state index is 0. The Morgan fingerprint density at radius 1 is 1.10 bits per heavy atom. The Labute approximate surface area is 191 Å². The van der Waals surface area contributed by atoms with Crippen molar-refractivity contribution in [1.29, 1.82) is 0 Å². The van der Waals surface area contributed by atoms with E-state index in [1.54, 1.807) is 12.7 Å². The highest BCUT2D eigenvalue weighted by molar-refractivity contribution is 14.0. The summed E-state index contributed by atoms with van der Waals surface area (Å²) in [4.78, 5) is 10.9. The molecule has 1 aliphatic rings. The molecule has 1 saturated heterocycles. The van der Waals surface area contributed by atoms with Crippen molar-refractivity contribution >= 4 is 29.9 Å². The molecule has 0 atom stereocenters. The SMILES string of the molecule is CN=C(NCCCN1CCCCCC1)NCc1cccc(Cn2cncn2)c1.I. The van der Waals surface area contributed by atoms with Gasteiger partial charge in [0.15, 0.2) is 5.96 Å². The van der Waals surface area contributed by atoms with Crippen LogP contribution < -0.4 is 10.6 Å². The number of hydrogen-bond donors (Lipinski definition) is 2. The highest BCUT2D eigenvalue weighted by Crippen LogP contribution is 2.09. The smallest absolute Gasteiger partial charge is 0.191 e. The lowest BCUT2D eigenvalue weighted by Crippen LogP contribution is -2.38. The van der Waals surface area contributed by atoms with Crippen molar-refractivity contribution in [2.75, 3.05) is 33.2 Å². The van der Waals surface area contributed by atoms with E-state index < -0.39 is 0 Å². The maximum absolute atomic E-state index is 4.34. The second kappa shape index (κ2) is 13.5. The first kappa shape index (κ1) is 23.6. The minimum atomic E-state index is 0. The van der Waals surface area contributed by atoms with Crippen molar-refractivity contribution in [2.24, 2.45) is 4.99 Å². The summed E-state index contributed by atoms with van der Waals surface area (Å²) in [5.74, 6) is 0.859. The third-order valence-electron chi connectivity index (χ3n) is 5.13. The zero-order valence-corrected chi connectivity index (χ0v) is 19.7. The molecule has 0 aliphatic carbocycles. The number of rotatable bonds is 8. The van der Waals surface area contributed by atoms with Crippen LogP contribution in [0.4, 0.5) is 0 Å². The summed E-state index contributed by atoms with van der Waals surface area (Å²) >= 11 is 0. The molecule has 7 nitrogen and oxygen atoms in total.